The minimum atomic E-state index is -0.129. The van der Waals surface area contributed by atoms with Gasteiger partial charge in [-0.1, -0.05) is 11.3 Å². The minimum Gasteiger partial charge on any atom is -0.396 e. The number of hydrogen-bond acceptors (Lipinski definition) is 6. The molecule has 0 aliphatic heterocycles. The van der Waals surface area contributed by atoms with Crippen molar-refractivity contribution in [3.63, 3.8) is 0 Å². The van der Waals surface area contributed by atoms with E-state index < -0.39 is 0 Å². The highest BCUT2D eigenvalue weighted by atomic mass is 32.2. The zero-order valence-electron chi connectivity index (χ0n) is 9.42. The van der Waals surface area contributed by atoms with Crippen molar-refractivity contribution in [2.45, 2.75) is 19.1 Å². The summed E-state index contributed by atoms with van der Waals surface area (Å²) in [7, 11) is 0. The Morgan fingerprint density at radius 3 is 3.18 bits per heavy atom. The summed E-state index contributed by atoms with van der Waals surface area (Å²) in [4.78, 5) is 16.5. The van der Waals surface area contributed by atoms with Gasteiger partial charge in [0.2, 0.25) is 4.96 Å². The number of aliphatic hydroxyl groups excluding tert-OH is 1. The van der Waals surface area contributed by atoms with Gasteiger partial charge in [-0.3, -0.25) is 4.79 Å². The summed E-state index contributed by atoms with van der Waals surface area (Å²) >= 11 is 3.14. The number of aryl methyl sites for hydroxylation is 1. The summed E-state index contributed by atoms with van der Waals surface area (Å²) in [6.45, 7) is 2.02. The van der Waals surface area contributed by atoms with Crippen molar-refractivity contribution < 1.29 is 5.11 Å². The van der Waals surface area contributed by atoms with Gasteiger partial charge in [0.15, 0.2) is 0 Å². The van der Waals surface area contributed by atoms with Crippen molar-refractivity contribution in [2.75, 3.05) is 12.4 Å². The van der Waals surface area contributed by atoms with Crippen LogP contribution in [0, 0.1) is 6.92 Å². The standard InChI is InChI=1S/C10H13N3O2S2/c1-7-5-9(15)13-10(11-7)17-8(12-13)6-16-4-2-3-14/h5,14H,2-4,6H2,1H3. The van der Waals surface area contributed by atoms with Crippen molar-refractivity contribution in [1.82, 2.24) is 14.6 Å². The molecule has 2 aromatic rings. The average Bonchev–Trinajstić information content (AvgIpc) is 2.67. The molecule has 0 amide bonds. The Morgan fingerprint density at radius 2 is 2.41 bits per heavy atom. The first-order valence-corrected chi connectivity index (χ1v) is 7.23. The fraction of sp³-hybridized carbons (Fsp3) is 0.500. The Labute approximate surface area is 107 Å². The first-order valence-electron chi connectivity index (χ1n) is 5.25. The maximum absolute atomic E-state index is 11.6. The van der Waals surface area contributed by atoms with Crippen molar-refractivity contribution in [1.29, 1.82) is 0 Å². The summed E-state index contributed by atoms with van der Waals surface area (Å²) < 4.78 is 1.35. The molecule has 17 heavy (non-hydrogen) atoms. The van der Waals surface area contributed by atoms with Crippen molar-refractivity contribution in [2.24, 2.45) is 0 Å². The maximum atomic E-state index is 11.6. The van der Waals surface area contributed by atoms with E-state index in [9.17, 15) is 4.79 Å². The highest BCUT2D eigenvalue weighted by Gasteiger charge is 2.07. The monoisotopic (exact) mass is 271 g/mol. The topological polar surface area (TPSA) is 67.5 Å². The van der Waals surface area contributed by atoms with E-state index in [1.54, 1.807) is 18.7 Å². The fourth-order valence-electron chi connectivity index (χ4n) is 1.34. The number of rotatable bonds is 5. The van der Waals surface area contributed by atoms with Crippen molar-refractivity contribution in [3.8, 4) is 0 Å². The van der Waals surface area contributed by atoms with Crippen molar-refractivity contribution in [3.05, 3.63) is 27.1 Å². The third kappa shape index (κ3) is 3.05. The highest BCUT2D eigenvalue weighted by Crippen LogP contribution is 2.18. The molecule has 2 rings (SSSR count). The SMILES string of the molecule is Cc1cc(=O)n2nc(CSCCCO)sc2n1. The van der Waals surface area contributed by atoms with Crippen LogP contribution in [0.5, 0.6) is 0 Å². The van der Waals surface area contributed by atoms with Gasteiger partial charge in [-0.2, -0.15) is 21.4 Å². The molecule has 2 aromatic heterocycles. The van der Waals surface area contributed by atoms with Gasteiger partial charge in [0.05, 0.1) is 0 Å². The number of aliphatic hydroxyl groups is 1. The third-order valence-electron chi connectivity index (χ3n) is 2.09. The molecular formula is C10H13N3O2S2. The number of thioether (sulfide) groups is 1. The van der Waals surface area contributed by atoms with Crippen LogP contribution in [0.1, 0.15) is 17.1 Å². The van der Waals surface area contributed by atoms with Crippen molar-refractivity contribution >= 4 is 28.1 Å². The summed E-state index contributed by atoms with van der Waals surface area (Å²) in [6.07, 6.45) is 0.785. The van der Waals surface area contributed by atoms with Gasteiger partial charge < -0.3 is 5.11 Å². The molecule has 0 radical (unpaired) electrons. The molecule has 0 saturated carbocycles. The molecule has 0 bridgehead atoms. The third-order valence-corrected chi connectivity index (χ3v) is 4.23. The first-order chi connectivity index (χ1) is 8.20. The van der Waals surface area contributed by atoms with Gasteiger partial charge in [-0.05, 0) is 19.1 Å². The van der Waals surface area contributed by atoms with Crippen LogP contribution in [-0.2, 0) is 5.75 Å². The van der Waals surface area contributed by atoms with E-state index in [1.807, 2.05) is 0 Å². The molecule has 92 valence electrons. The fourth-order valence-corrected chi connectivity index (χ4v) is 3.28. The molecule has 0 saturated heterocycles. The normalized spacial score (nSPS) is 11.2. The van der Waals surface area contributed by atoms with E-state index in [4.69, 9.17) is 5.11 Å². The van der Waals surface area contributed by atoms with Crippen LogP contribution < -0.4 is 5.56 Å². The van der Waals surface area contributed by atoms with Crippen LogP contribution >= 0.6 is 23.1 Å². The molecule has 0 aromatic carbocycles. The second kappa shape index (κ2) is 5.61. The number of aromatic nitrogens is 3. The maximum Gasteiger partial charge on any atom is 0.275 e. The van der Waals surface area contributed by atoms with Crippen LogP contribution in [0.3, 0.4) is 0 Å². The predicted octanol–water partition coefficient (Wildman–Crippen LogP) is 1.08. The second-order valence-electron chi connectivity index (χ2n) is 3.56. The molecule has 1 N–H and O–H groups in total. The summed E-state index contributed by atoms with van der Waals surface area (Å²) in [5.74, 6) is 1.65. The van der Waals surface area contributed by atoms with Gasteiger partial charge in [0, 0.05) is 24.1 Å². The molecule has 5 nitrogen and oxygen atoms in total. The summed E-state index contributed by atoms with van der Waals surface area (Å²) in [5.41, 5.74) is 0.591. The Kier molecular flexibility index (Phi) is 4.14. The van der Waals surface area contributed by atoms with Crippen LogP contribution in [0.2, 0.25) is 0 Å². The van der Waals surface area contributed by atoms with Crippen LogP contribution in [0.4, 0.5) is 0 Å². The molecule has 7 heteroatoms. The van der Waals surface area contributed by atoms with E-state index in [-0.39, 0.29) is 12.2 Å². The predicted molar refractivity (Wildman–Crippen MR) is 69.7 cm³/mol. The number of nitrogens with zero attached hydrogens (tertiary/aromatic N) is 3. The Bertz CT molecular complexity index is 564. The van der Waals surface area contributed by atoms with E-state index in [0.29, 0.717) is 4.96 Å². The number of fused-ring (bicyclic) bond motifs is 1. The lowest BCUT2D eigenvalue weighted by Gasteiger charge is -1.94. The van der Waals surface area contributed by atoms with E-state index >= 15 is 0 Å². The van der Waals surface area contributed by atoms with Gasteiger partial charge in [0.25, 0.3) is 5.56 Å². The lowest BCUT2D eigenvalue weighted by molar-refractivity contribution is 0.296. The molecule has 0 unspecified atom stereocenters. The molecular weight excluding hydrogens is 258 g/mol. The molecule has 0 aliphatic carbocycles. The zero-order valence-corrected chi connectivity index (χ0v) is 11.1. The van der Waals surface area contributed by atoms with E-state index in [1.165, 1.54) is 21.9 Å². The summed E-state index contributed by atoms with van der Waals surface area (Å²) in [6, 6.07) is 1.48. The second-order valence-corrected chi connectivity index (χ2v) is 5.70. The summed E-state index contributed by atoms with van der Waals surface area (Å²) in [5, 5.41) is 13.8. The largest absolute Gasteiger partial charge is 0.396 e. The Morgan fingerprint density at radius 1 is 1.59 bits per heavy atom. The van der Waals surface area contributed by atoms with Crippen LogP contribution in [0.15, 0.2) is 10.9 Å². The van der Waals surface area contributed by atoms with Gasteiger partial charge in [-0.25, -0.2) is 4.98 Å². The lowest BCUT2D eigenvalue weighted by Crippen LogP contribution is -2.14. The molecule has 2 heterocycles. The minimum absolute atomic E-state index is 0.129. The van der Waals surface area contributed by atoms with Gasteiger partial charge in [0.1, 0.15) is 5.01 Å². The number of hydrogen-bond donors (Lipinski definition) is 1. The smallest absolute Gasteiger partial charge is 0.275 e. The Balaban J connectivity index is 2.15. The van der Waals surface area contributed by atoms with Crippen LogP contribution in [0.25, 0.3) is 4.96 Å². The molecule has 0 fully saturated rings. The van der Waals surface area contributed by atoms with E-state index in [2.05, 4.69) is 10.1 Å². The molecule has 0 atom stereocenters. The Hall–Kier alpha value is -0.920. The van der Waals surface area contributed by atoms with E-state index in [0.717, 1.165) is 28.6 Å². The quantitative estimate of drug-likeness (QED) is 0.824. The first kappa shape index (κ1) is 12.5. The van der Waals surface area contributed by atoms with Gasteiger partial charge in [-0.15, -0.1) is 0 Å². The van der Waals surface area contributed by atoms with Crippen LogP contribution in [-0.4, -0.2) is 32.1 Å². The molecule has 0 aliphatic rings. The lowest BCUT2D eigenvalue weighted by atomic mass is 10.5. The van der Waals surface area contributed by atoms with Gasteiger partial charge >= 0.3 is 0 Å². The highest BCUT2D eigenvalue weighted by molar-refractivity contribution is 7.98. The average molecular weight is 271 g/mol. The zero-order chi connectivity index (χ0) is 12.3. The molecule has 0 spiro atoms.